The molecule has 3 heteroatoms. The van der Waals surface area contributed by atoms with Gasteiger partial charge in [0.05, 0.1) is 12.0 Å². The number of rotatable bonds is 3. The Labute approximate surface area is 88.3 Å². The summed E-state index contributed by atoms with van der Waals surface area (Å²) >= 11 is 1.57. The van der Waals surface area contributed by atoms with Crippen LogP contribution in [0.2, 0.25) is 0 Å². The van der Waals surface area contributed by atoms with Gasteiger partial charge in [-0.05, 0) is 25.3 Å². The molecule has 2 nitrogen and oxygen atoms in total. The maximum Gasteiger partial charge on any atom is 0.226 e. The second-order valence-electron chi connectivity index (χ2n) is 3.57. The van der Waals surface area contributed by atoms with E-state index in [0.717, 1.165) is 4.88 Å². The predicted octanol–water partition coefficient (Wildman–Crippen LogP) is 1.82. The molecule has 1 aromatic heterocycles. The summed E-state index contributed by atoms with van der Waals surface area (Å²) in [5.41, 5.74) is -0.561. The van der Waals surface area contributed by atoms with Gasteiger partial charge in [0.15, 0.2) is 0 Å². The third-order valence-corrected chi connectivity index (χ3v) is 2.60. The van der Waals surface area contributed by atoms with Gasteiger partial charge in [0.25, 0.3) is 0 Å². The number of hydrogen-bond donors (Lipinski definition) is 1. The first-order valence-electron chi connectivity index (χ1n) is 4.35. The van der Waals surface area contributed by atoms with Crippen molar-refractivity contribution in [2.75, 3.05) is 0 Å². The number of carbonyl (C=O) groups is 1. The summed E-state index contributed by atoms with van der Waals surface area (Å²) in [7, 11) is 0. The molecule has 14 heavy (non-hydrogen) atoms. The van der Waals surface area contributed by atoms with Crippen LogP contribution in [0.3, 0.4) is 0 Å². The summed E-state index contributed by atoms with van der Waals surface area (Å²) < 4.78 is 0. The van der Waals surface area contributed by atoms with E-state index >= 15 is 0 Å². The number of amides is 1. The van der Waals surface area contributed by atoms with Gasteiger partial charge in [0.1, 0.15) is 0 Å². The van der Waals surface area contributed by atoms with Crippen molar-refractivity contribution in [3.8, 4) is 12.3 Å². The van der Waals surface area contributed by atoms with Gasteiger partial charge in [-0.2, -0.15) is 0 Å². The molecule has 0 unspecified atom stereocenters. The second-order valence-corrected chi connectivity index (χ2v) is 4.61. The van der Waals surface area contributed by atoms with Crippen LogP contribution in [0.25, 0.3) is 0 Å². The molecule has 0 saturated heterocycles. The number of thiophene rings is 1. The molecule has 0 aliphatic rings. The van der Waals surface area contributed by atoms with Crippen LogP contribution in [0.1, 0.15) is 18.7 Å². The molecule has 0 saturated carbocycles. The fourth-order valence-electron chi connectivity index (χ4n) is 1.00. The van der Waals surface area contributed by atoms with Crippen LogP contribution in [0.4, 0.5) is 0 Å². The number of carbonyl (C=O) groups excluding carboxylic acids is 1. The van der Waals surface area contributed by atoms with Crippen molar-refractivity contribution >= 4 is 17.2 Å². The lowest BCUT2D eigenvalue weighted by Gasteiger charge is -2.19. The second kappa shape index (κ2) is 4.30. The van der Waals surface area contributed by atoms with E-state index in [1.165, 1.54) is 0 Å². The van der Waals surface area contributed by atoms with Gasteiger partial charge in [-0.3, -0.25) is 4.79 Å². The van der Waals surface area contributed by atoms with E-state index in [9.17, 15) is 4.79 Å². The van der Waals surface area contributed by atoms with Gasteiger partial charge < -0.3 is 5.32 Å². The van der Waals surface area contributed by atoms with Gasteiger partial charge in [0, 0.05) is 4.88 Å². The average molecular weight is 207 g/mol. The van der Waals surface area contributed by atoms with Crippen molar-refractivity contribution < 1.29 is 4.79 Å². The van der Waals surface area contributed by atoms with E-state index < -0.39 is 5.54 Å². The Hall–Kier alpha value is -1.27. The number of terminal acetylenes is 1. The van der Waals surface area contributed by atoms with E-state index in [1.807, 2.05) is 17.5 Å². The van der Waals surface area contributed by atoms with Crippen molar-refractivity contribution in [3.05, 3.63) is 22.4 Å². The van der Waals surface area contributed by atoms with Crippen LogP contribution in [0.15, 0.2) is 17.5 Å². The smallest absolute Gasteiger partial charge is 0.226 e. The fraction of sp³-hybridized carbons (Fsp3) is 0.364. The number of hydrogen-bond acceptors (Lipinski definition) is 2. The van der Waals surface area contributed by atoms with Crippen molar-refractivity contribution in [1.82, 2.24) is 5.32 Å². The zero-order valence-electron chi connectivity index (χ0n) is 8.33. The Morgan fingerprint density at radius 3 is 2.93 bits per heavy atom. The lowest BCUT2D eigenvalue weighted by molar-refractivity contribution is -0.121. The maximum absolute atomic E-state index is 11.5. The average Bonchev–Trinajstić information content (AvgIpc) is 2.55. The van der Waals surface area contributed by atoms with Crippen LogP contribution < -0.4 is 5.32 Å². The lowest BCUT2D eigenvalue weighted by Crippen LogP contribution is -2.42. The molecular formula is C11H13NOS. The SMILES string of the molecule is C#CC(C)(C)NC(=O)Cc1cccs1. The van der Waals surface area contributed by atoms with Gasteiger partial charge in [0.2, 0.25) is 5.91 Å². The van der Waals surface area contributed by atoms with Crippen LogP contribution >= 0.6 is 11.3 Å². The highest BCUT2D eigenvalue weighted by molar-refractivity contribution is 7.10. The maximum atomic E-state index is 11.5. The minimum Gasteiger partial charge on any atom is -0.340 e. The number of nitrogens with one attached hydrogen (secondary N) is 1. The molecule has 0 aliphatic heterocycles. The predicted molar refractivity (Wildman–Crippen MR) is 59.1 cm³/mol. The molecule has 0 atom stereocenters. The molecule has 0 bridgehead atoms. The molecule has 1 aromatic rings. The molecule has 0 radical (unpaired) electrons. The summed E-state index contributed by atoms with van der Waals surface area (Å²) in [6.45, 7) is 3.61. The third-order valence-electron chi connectivity index (χ3n) is 1.73. The molecular weight excluding hydrogens is 194 g/mol. The Morgan fingerprint density at radius 1 is 1.71 bits per heavy atom. The van der Waals surface area contributed by atoms with E-state index in [1.54, 1.807) is 25.2 Å². The van der Waals surface area contributed by atoms with E-state index in [0.29, 0.717) is 6.42 Å². The Bertz CT molecular complexity index is 346. The Morgan fingerprint density at radius 2 is 2.43 bits per heavy atom. The molecule has 0 fully saturated rings. The highest BCUT2D eigenvalue weighted by Gasteiger charge is 2.16. The lowest BCUT2D eigenvalue weighted by atomic mass is 10.1. The van der Waals surface area contributed by atoms with Crippen LogP contribution in [0.5, 0.6) is 0 Å². The van der Waals surface area contributed by atoms with Gasteiger partial charge in [-0.25, -0.2) is 0 Å². The zero-order chi connectivity index (χ0) is 10.6. The van der Waals surface area contributed by atoms with Crippen molar-refractivity contribution in [2.24, 2.45) is 0 Å². The van der Waals surface area contributed by atoms with E-state index in [-0.39, 0.29) is 5.91 Å². The zero-order valence-corrected chi connectivity index (χ0v) is 9.15. The summed E-state index contributed by atoms with van der Waals surface area (Å²) in [6, 6.07) is 3.87. The standard InChI is InChI=1S/C11H13NOS/c1-4-11(2,3)12-10(13)8-9-6-5-7-14-9/h1,5-7H,8H2,2-3H3,(H,12,13). The van der Waals surface area contributed by atoms with E-state index in [4.69, 9.17) is 6.42 Å². The summed E-state index contributed by atoms with van der Waals surface area (Å²) in [5, 5.41) is 4.73. The molecule has 1 rings (SSSR count). The molecule has 74 valence electrons. The molecule has 0 aromatic carbocycles. The summed E-state index contributed by atoms with van der Waals surface area (Å²) in [5.74, 6) is 2.49. The first-order valence-corrected chi connectivity index (χ1v) is 5.22. The summed E-state index contributed by atoms with van der Waals surface area (Å²) in [6.07, 6.45) is 5.67. The first kappa shape index (κ1) is 10.8. The van der Waals surface area contributed by atoms with Crippen molar-refractivity contribution in [1.29, 1.82) is 0 Å². The van der Waals surface area contributed by atoms with E-state index in [2.05, 4.69) is 11.2 Å². The van der Waals surface area contributed by atoms with Crippen LogP contribution in [-0.2, 0) is 11.2 Å². The first-order chi connectivity index (χ1) is 6.53. The highest BCUT2D eigenvalue weighted by Crippen LogP contribution is 2.09. The van der Waals surface area contributed by atoms with Crippen LogP contribution in [0, 0.1) is 12.3 Å². The minimum atomic E-state index is -0.561. The molecule has 1 amide bonds. The Balaban J connectivity index is 2.49. The quantitative estimate of drug-likeness (QED) is 0.753. The Kier molecular flexibility index (Phi) is 3.32. The minimum absolute atomic E-state index is 0.0320. The largest absolute Gasteiger partial charge is 0.340 e. The summed E-state index contributed by atoms with van der Waals surface area (Å²) in [4.78, 5) is 12.5. The molecule has 0 spiro atoms. The molecule has 0 aliphatic carbocycles. The molecule has 1 N–H and O–H groups in total. The van der Waals surface area contributed by atoms with Gasteiger partial charge in [-0.15, -0.1) is 17.8 Å². The third kappa shape index (κ3) is 3.23. The topological polar surface area (TPSA) is 29.1 Å². The fourth-order valence-corrected chi connectivity index (χ4v) is 1.70. The normalized spacial score (nSPS) is 10.6. The monoisotopic (exact) mass is 207 g/mol. The highest BCUT2D eigenvalue weighted by atomic mass is 32.1. The van der Waals surface area contributed by atoms with Gasteiger partial charge in [-0.1, -0.05) is 12.0 Å². The van der Waals surface area contributed by atoms with Crippen molar-refractivity contribution in [2.45, 2.75) is 25.8 Å². The van der Waals surface area contributed by atoms with Crippen molar-refractivity contribution in [3.63, 3.8) is 0 Å². The van der Waals surface area contributed by atoms with Crippen LogP contribution in [-0.4, -0.2) is 11.4 Å². The van der Waals surface area contributed by atoms with Gasteiger partial charge >= 0.3 is 0 Å². The molecule has 1 heterocycles.